The van der Waals surface area contributed by atoms with Gasteiger partial charge in [0.2, 0.25) is 5.54 Å². The molecule has 10 heteroatoms. The van der Waals surface area contributed by atoms with Crippen LogP contribution in [0.4, 0.5) is 24.5 Å². The number of rotatable bonds is 6. The molecule has 1 N–H and O–H groups in total. The molecular weight excluding hydrogens is 435 g/mol. The second-order valence-corrected chi connectivity index (χ2v) is 7.20. The zero-order chi connectivity index (χ0) is 22.8. The van der Waals surface area contributed by atoms with E-state index in [1.54, 1.807) is 18.2 Å². The number of benzene rings is 2. The topological polar surface area (TPSA) is 71.0 Å². The highest BCUT2D eigenvalue weighted by molar-refractivity contribution is 6.33. The number of para-hydroxylation sites is 2. The molecule has 0 aliphatic carbocycles. The Hall–Kier alpha value is -3.07. The summed E-state index contributed by atoms with van der Waals surface area (Å²) in [5.74, 6) is -4.68. The number of nitrogens with zero attached hydrogens (tertiary/aromatic N) is 2. The largest absolute Gasteiger partial charge is 0.464 e. The van der Waals surface area contributed by atoms with Gasteiger partial charge >= 0.3 is 12.1 Å². The summed E-state index contributed by atoms with van der Waals surface area (Å²) in [7, 11) is 0. The Balaban J connectivity index is 2.18. The Kier molecular flexibility index (Phi) is 6.26. The first-order valence-corrected chi connectivity index (χ1v) is 9.72. The van der Waals surface area contributed by atoms with Crippen molar-refractivity contribution >= 4 is 40.6 Å². The first-order valence-electron chi connectivity index (χ1n) is 9.34. The normalized spacial score (nSPS) is 18.4. The Labute approximate surface area is 181 Å². The van der Waals surface area contributed by atoms with E-state index in [1.807, 2.05) is 0 Å². The maximum absolute atomic E-state index is 14.7. The van der Waals surface area contributed by atoms with Gasteiger partial charge in [0.25, 0.3) is 5.91 Å². The molecule has 2 atom stereocenters. The van der Waals surface area contributed by atoms with E-state index in [0.717, 1.165) is 5.01 Å². The smallest absolute Gasteiger partial charge is 0.423 e. The molecule has 1 aliphatic rings. The van der Waals surface area contributed by atoms with Crippen LogP contribution >= 0.6 is 11.6 Å². The van der Waals surface area contributed by atoms with Crippen LogP contribution in [0.25, 0.3) is 0 Å². The van der Waals surface area contributed by atoms with E-state index >= 15 is 0 Å². The summed E-state index contributed by atoms with van der Waals surface area (Å²) in [6.45, 7) is 2.32. The van der Waals surface area contributed by atoms with Crippen molar-refractivity contribution in [2.75, 3.05) is 16.9 Å². The van der Waals surface area contributed by atoms with Crippen LogP contribution < -0.4 is 10.3 Å². The van der Waals surface area contributed by atoms with Crippen molar-refractivity contribution in [1.29, 1.82) is 0 Å². The van der Waals surface area contributed by atoms with Crippen molar-refractivity contribution in [3.05, 3.63) is 59.6 Å². The van der Waals surface area contributed by atoms with E-state index in [0.29, 0.717) is 0 Å². The minimum atomic E-state index is -5.23. The molecule has 0 radical (unpaired) electrons. The van der Waals surface area contributed by atoms with Crippen LogP contribution in [0.15, 0.2) is 59.7 Å². The highest BCUT2D eigenvalue weighted by atomic mass is 35.5. The fourth-order valence-electron chi connectivity index (χ4n) is 3.43. The van der Waals surface area contributed by atoms with Crippen LogP contribution in [0.5, 0.6) is 0 Å². The minimum absolute atomic E-state index is 0.0552. The third-order valence-electron chi connectivity index (χ3n) is 4.82. The maximum atomic E-state index is 14.7. The summed E-state index contributed by atoms with van der Waals surface area (Å²) in [5, 5.41) is 7.03. The molecule has 2 aromatic carbocycles. The molecule has 0 fully saturated rings. The van der Waals surface area contributed by atoms with E-state index in [2.05, 4.69) is 10.4 Å². The number of alkyl halides is 3. The standard InChI is InChI=1S/C21H19ClF3N3O3/c1-3-31-19(30)20(21(23,24)25,26-16-12-8-7-11-15(16)22)17-13(2)27-28(18(17)29)14-9-5-4-6-10-14/h4-12,17,26H,3H2,1-2H3/t17-,20-/m0/s1. The van der Waals surface area contributed by atoms with Crippen molar-refractivity contribution in [2.45, 2.75) is 25.6 Å². The fraction of sp³-hybridized carbons (Fsp3) is 0.286. The highest BCUT2D eigenvalue weighted by Gasteiger charge is 2.70. The molecule has 0 spiro atoms. The van der Waals surface area contributed by atoms with Crippen LogP contribution in [-0.4, -0.2) is 35.9 Å². The Morgan fingerprint density at radius 3 is 2.35 bits per heavy atom. The van der Waals surface area contributed by atoms with Gasteiger partial charge in [-0.2, -0.15) is 18.3 Å². The lowest BCUT2D eigenvalue weighted by molar-refractivity contribution is -0.206. The highest BCUT2D eigenvalue weighted by Crippen LogP contribution is 2.45. The third-order valence-corrected chi connectivity index (χ3v) is 5.14. The number of esters is 1. The average molecular weight is 454 g/mol. The quantitative estimate of drug-likeness (QED) is 0.646. The maximum Gasteiger partial charge on any atom is 0.423 e. The van der Waals surface area contributed by atoms with Crippen LogP contribution in [0.3, 0.4) is 0 Å². The van der Waals surface area contributed by atoms with Crippen LogP contribution in [0.1, 0.15) is 13.8 Å². The lowest BCUT2D eigenvalue weighted by atomic mass is 9.79. The molecular formula is C21H19ClF3N3O3. The molecule has 0 saturated heterocycles. The van der Waals surface area contributed by atoms with Crippen LogP contribution in [-0.2, 0) is 14.3 Å². The second-order valence-electron chi connectivity index (χ2n) is 6.79. The first kappa shape index (κ1) is 22.6. The number of amides is 1. The van der Waals surface area contributed by atoms with Gasteiger partial charge in [-0.25, -0.2) is 9.80 Å². The van der Waals surface area contributed by atoms with Crippen LogP contribution in [0, 0.1) is 5.92 Å². The summed E-state index contributed by atoms with van der Waals surface area (Å²) >= 11 is 6.06. The van der Waals surface area contributed by atoms with Gasteiger partial charge in [-0.3, -0.25) is 4.79 Å². The first-order chi connectivity index (χ1) is 14.6. The average Bonchev–Trinajstić information content (AvgIpc) is 3.02. The molecule has 6 nitrogen and oxygen atoms in total. The Bertz CT molecular complexity index is 1010. The summed E-state index contributed by atoms with van der Waals surface area (Å²) in [6.07, 6.45) is -5.23. The number of carbonyl (C=O) groups excluding carboxylic acids is 2. The monoisotopic (exact) mass is 453 g/mol. The molecule has 2 aromatic rings. The number of hydrogen-bond acceptors (Lipinski definition) is 5. The number of ether oxygens (including phenoxy) is 1. The molecule has 31 heavy (non-hydrogen) atoms. The number of halogens is 4. The molecule has 164 valence electrons. The van der Waals surface area contributed by atoms with E-state index in [1.165, 1.54) is 50.2 Å². The van der Waals surface area contributed by atoms with Crippen LogP contribution in [0.2, 0.25) is 5.02 Å². The molecule has 0 unspecified atom stereocenters. The van der Waals surface area contributed by atoms with Crippen molar-refractivity contribution in [3.8, 4) is 0 Å². The zero-order valence-corrected chi connectivity index (χ0v) is 17.4. The van der Waals surface area contributed by atoms with Gasteiger partial charge in [0, 0.05) is 0 Å². The molecule has 3 rings (SSSR count). The van der Waals surface area contributed by atoms with E-state index in [-0.39, 0.29) is 28.7 Å². The number of carbonyl (C=O) groups is 2. The molecule has 1 amide bonds. The Morgan fingerprint density at radius 2 is 1.77 bits per heavy atom. The molecule has 0 saturated carbocycles. The van der Waals surface area contributed by atoms with Gasteiger partial charge < -0.3 is 10.1 Å². The predicted octanol–water partition coefficient (Wildman–Crippen LogP) is 4.66. The van der Waals surface area contributed by atoms with Gasteiger partial charge in [0.05, 0.1) is 28.7 Å². The van der Waals surface area contributed by atoms with E-state index in [4.69, 9.17) is 16.3 Å². The van der Waals surface area contributed by atoms with Gasteiger partial charge in [-0.1, -0.05) is 41.9 Å². The number of nitrogens with one attached hydrogen (secondary N) is 1. The fourth-order valence-corrected chi connectivity index (χ4v) is 3.61. The molecule has 0 aromatic heterocycles. The number of anilines is 2. The number of hydrogen-bond donors (Lipinski definition) is 1. The summed E-state index contributed by atoms with van der Waals surface area (Å²) in [4.78, 5) is 26.1. The van der Waals surface area contributed by atoms with Gasteiger partial charge in [-0.15, -0.1) is 0 Å². The van der Waals surface area contributed by atoms with Crippen molar-refractivity contribution in [2.24, 2.45) is 11.0 Å². The molecule has 1 heterocycles. The summed E-state index contributed by atoms with van der Waals surface area (Å²) < 4.78 is 48.8. The van der Waals surface area contributed by atoms with E-state index in [9.17, 15) is 22.8 Å². The molecule has 0 bridgehead atoms. The van der Waals surface area contributed by atoms with E-state index < -0.39 is 29.5 Å². The van der Waals surface area contributed by atoms with Crippen molar-refractivity contribution in [3.63, 3.8) is 0 Å². The second kappa shape index (κ2) is 8.58. The van der Waals surface area contributed by atoms with Crippen molar-refractivity contribution < 1.29 is 27.5 Å². The minimum Gasteiger partial charge on any atom is -0.464 e. The SMILES string of the molecule is CCOC(=O)[C@@](Nc1ccccc1Cl)([C@@H]1C(=O)N(c2ccccc2)N=C1C)C(F)(F)F. The lowest BCUT2D eigenvalue weighted by Crippen LogP contribution is -2.66. The van der Waals surface area contributed by atoms with Crippen molar-refractivity contribution in [1.82, 2.24) is 0 Å². The predicted molar refractivity (Wildman–Crippen MR) is 111 cm³/mol. The summed E-state index contributed by atoms with van der Waals surface area (Å²) in [6, 6.07) is 13.6. The lowest BCUT2D eigenvalue weighted by Gasteiger charge is -2.38. The van der Waals surface area contributed by atoms with Gasteiger partial charge in [-0.05, 0) is 38.1 Å². The molecule has 1 aliphatic heterocycles. The third kappa shape index (κ3) is 3.97. The van der Waals surface area contributed by atoms with Gasteiger partial charge in [0.15, 0.2) is 0 Å². The number of hydrazone groups is 1. The zero-order valence-electron chi connectivity index (χ0n) is 16.6. The Morgan fingerprint density at radius 1 is 1.16 bits per heavy atom. The summed E-state index contributed by atoms with van der Waals surface area (Å²) in [5.41, 5.74) is -3.54. The van der Waals surface area contributed by atoms with Gasteiger partial charge in [0.1, 0.15) is 5.92 Å².